The van der Waals surface area contributed by atoms with E-state index >= 15 is 0 Å². The van der Waals surface area contributed by atoms with E-state index in [0.29, 0.717) is 10.6 Å². The Morgan fingerprint density at radius 3 is 2.72 bits per heavy atom. The second-order valence-corrected chi connectivity index (χ2v) is 7.00. The summed E-state index contributed by atoms with van der Waals surface area (Å²) in [5.41, 5.74) is 1.18. The molecule has 6 heteroatoms. The summed E-state index contributed by atoms with van der Waals surface area (Å²) in [4.78, 5) is 31.3. The van der Waals surface area contributed by atoms with E-state index in [4.69, 9.17) is 0 Å². The third-order valence-corrected chi connectivity index (χ3v) is 5.37. The summed E-state index contributed by atoms with van der Waals surface area (Å²) < 4.78 is 1.50. The largest absolute Gasteiger partial charge is 0.321 e. The summed E-state index contributed by atoms with van der Waals surface area (Å²) in [6.45, 7) is 3.79. The normalized spacial score (nSPS) is 11.1. The molecule has 0 fully saturated rings. The van der Waals surface area contributed by atoms with Crippen LogP contribution in [0.25, 0.3) is 15.7 Å². The Kier molecular flexibility index (Phi) is 3.62. The van der Waals surface area contributed by atoms with E-state index in [-0.39, 0.29) is 11.1 Å². The van der Waals surface area contributed by atoms with Crippen LogP contribution in [-0.4, -0.2) is 15.3 Å². The number of fused-ring (bicyclic) bond motifs is 2. The molecule has 5 nitrogen and oxygen atoms in total. The molecule has 0 aliphatic rings. The van der Waals surface area contributed by atoms with Crippen LogP contribution in [0, 0.1) is 13.8 Å². The quantitative estimate of drug-likeness (QED) is 0.599. The van der Waals surface area contributed by atoms with Gasteiger partial charge in [0, 0.05) is 27.8 Å². The lowest BCUT2D eigenvalue weighted by Crippen LogP contribution is -2.26. The van der Waals surface area contributed by atoms with Gasteiger partial charge in [0.25, 0.3) is 11.5 Å². The minimum absolute atomic E-state index is 0.0336. The van der Waals surface area contributed by atoms with Crippen LogP contribution in [0.2, 0.25) is 0 Å². The number of rotatable bonds is 2. The fourth-order valence-electron chi connectivity index (χ4n) is 2.86. The van der Waals surface area contributed by atoms with Crippen molar-refractivity contribution in [2.45, 2.75) is 13.8 Å². The van der Waals surface area contributed by atoms with E-state index in [2.05, 4.69) is 10.3 Å². The van der Waals surface area contributed by atoms with Gasteiger partial charge in [-0.05, 0) is 25.3 Å². The molecule has 0 saturated heterocycles. The molecule has 124 valence electrons. The standard InChI is InChI=1S/C19H15N3O2S/c1-11-12(2)25-19-20-10-15(18(24)22(11)19)17(23)21-16-9-5-7-13-6-3-4-8-14(13)16/h3-10H,1-2H3,(H,21,23). The summed E-state index contributed by atoms with van der Waals surface area (Å²) in [5, 5.41) is 4.79. The van der Waals surface area contributed by atoms with Gasteiger partial charge < -0.3 is 5.32 Å². The van der Waals surface area contributed by atoms with Crippen molar-refractivity contribution in [3.63, 3.8) is 0 Å². The van der Waals surface area contributed by atoms with Crippen molar-refractivity contribution in [3.05, 3.63) is 75.1 Å². The van der Waals surface area contributed by atoms with Gasteiger partial charge in [-0.25, -0.2) is 4.98 Å². The van der Waals surface area contributed by atoms with Crippen LogP contribution in [0.3, 0.4) is 0 Å². The van der Waals surface area contributed by atoms with Crippen LogP contribution in [0.4, 0.5) is 5.69 Å². The van der Waals surface area contributed by atoms with Crippen LogP contribution in [0.5, 0.6) is 0 Å². The average molecular weight is 349 g/mol. The van der Waals surface area contributed by atoms with Gasteiger partial charge in [0.15, 0.2) is 4.96 Å². The molecule has 0 aliphatic heterocycles. The van der Waals surface area contributed by atoms with E-state index in [0.717, 1.165) is 21.3 Å². The third kappa shape index (κ3) is 2.51. The van der Waals surface area contributed by atoms with Gasteiger partial charge in [0.2, 0.25) is 0 Å². The number of amides is 1. The number of nitrogens with one attached hydrogen (secondary N) is 1. The van der Waals surface area contributed by atoms with E-state index in [9.17, 15) is 9.59 Å². The van der Waals surface area contributed by atoms with Crippen LogP contribution < -0.4 is 10.9 Å². The summed E-state index contributed by atoms with van der Waals surface area (Å²) >= 11 is 1.44. The molecular weight excluding hydrogens is 334 g/mol. The molecule has 0 radical (unpaired) electrons. The first-order chi connectivity index (χ1) is 12.1. The van der Waals surface area contributed by atoms with Crippen LogP contribution in [0.15, 0.2) is 53.5 Å². The number of thiazole rings is 1. The van der Waals surface area contributed by atoms with Crippen molar-refractivity contribution in [1.82, 2.24) is 9.38 Å². The number of benzene rings is 2. The Balaban J connectivity index is 1.79. The molecule has 0 aliphatic carbocycles. The lowest BCUT2D eigenvalue weighted by atomic mass is 10.1. The second kappa shape index (κ2) is 5.82. The van der Waals surface area contributed by atoms with Gasteiger partial charge in [-0.1, -0.05) is 36.4 Å². The van der Waals surface area contributed by atoms with Gasteiger partial charge in [-0.3, -0.25) is 14.0 Å². The van der Waals surface area contributed by atoms with Gasteiger partial charge >= 0.3 is 0 Å². The molecule has 2 heterocycles. The minimum atomic E-state index is -0.452. The summed E-state index contributed by atoms with van der Waals surface area (Å²) in [6.07, 6.45) is 1.35. The van der Waals surface area contributed by atoms with Crippen molar-refractivity contribution in [1.29, 1.82) is 0 Å². The van der Waals surface area contributed by atoms with Gasteiger partial charge in [0.05, 0.1) is 0 Å². The number of carbonyl (C=O) groups excluding carboxylic acids is 1. The fourth-order valence-corrected chi connectivity index (χ4v) is 3.79. The van der Waals surface area contributed by atoms with Crippen molar-refractivity contribution in [2.75, 3.05) is 5.32 Å². The lowest BCUT2D eigenvalue weighted by molar-refractivity contribution is 0.102. The first-order valence-corrected chi connectivity index (χ1v) is 8.65. The number of anilines is 1. The maximum atomic E-state index is 12.7. The van der Waals surface area contributed by atoms with Crippen LogP contribution >= 0.6 is 11.3 Å². The maximum Gasteiger partial charge on any atom is 0.271 e. The Morgan fingerprint density at radius 1 is 1.12 bits per heavy atom. The molecule has 4 rings (SSSR count). The first kappa shape index (κ1) is 15.5. The summed E-state index contributed by atoms with van der Waals surface area (Å²) in [7, 11) is 0. The highest BCUT2D eigenvalue weighted by molar-refractivity contribution is 7.17. The zero-order chi connectivity index (χ0) is 17.6. The Bertz CT molecular complexity index is 1190. The number of nitrogens with zero attached hydrogens (tertiary/aromatic N) is 2. The van der Waals surface area contributed by atoms with Crippen molar-refractivity contribution in [2.24, 2.45) is 0 Å². The van der Waals surface area contributed by atoms with Crippen molar-refractivity contribution >= 4 is 38.7 Å². The molecule has 4 aromatic rings. The zero-order valence-electron chi connectivity index (χ0n) is 13.7. The van der Waals surface area contributed by atoms with E-state index in [1.165, 1.54) is 21.9 Å². The lowest BCUT2D eigenvalue weighted by Gasteiger charge is -2.08. The Hall–Kier alpha value is -2.99. The first-order valence-electron chi connectivity index (χ1n) is 7.83. The highest BCUT2D eigenvalue weighted by Crippen LogP contribution is 2.23. The topological polar surface area (TPSA) is 63.5 Å². The molecule has 1 N–H and O–H groups in total. The summed E-state index contributed by atoms with van der Waals surface area (Å²) in [6, 6.07) is 13.4. The van der Waals surface area contributed by atoms with E-state index in [1.807, 2.05) is 56.3 Å². The molecule has 0 atom stereocenters. The molecule has 0 saturated carbocycles. The SMILES string of the molecule is Cc1sc2ncc(C(=O)Nc3cccc4ccccc34)c(=O)n2c1C. The number of hydrogen-bond donors (Lipinski definition) is 1. The smallest absolute Gasteiger partial charge is 0.271 e. The number of hydrogen-bond acceptors (Lipinski definition) is 4. The highest BCUT2D eigenvalue weighted by Gasteiger charge is 2.17. The predicted molar refractivity (Wildman–Crippen MR) is 101 cm³/mol. The average Bonchev–Trinajstić information content (AvgIpc) is 2.90. The third-order valence-electron chi connectivity index (χ3n) is 4.30. The minimum Gasteiger partial charge on any atom is -0.321 e. The molecular formula is C19H15N3O2S. The number of aromatic nitrogens is 2. The molecule has 2 aromatic carbocycles. The monoisotopic (exact) mass is 349 g/mol. The van der Waals surface area contributed by atoms with E-state index < -0.39 is 5.91 Å². The molecule has 2 aromatic heterocycles. The second-order valence-electron chi connectivity index (χ2n) is 5.82. The molecule has 0 unspecified atom stereocenters. The molecule has 0 bridgehead atoms. The van der Waals surface area contributed by atoms with Crippen LogP contribution in [0.1, 0.15) is 20.9 Å². The zero-order valence-corrected chi connectivity index (χ0v) is 14.6. The maximum absolute atomic E-state index is 12.7. The Morgan fingerprint density at radius 2 is 1.88 bits per heavy atom. The van der Waals surface area contributed by atoms with Gasteiger partial charge in [-0.15, -0.1) is 11.3 Å². The Labute approximate surface area is 147 Å². The van der Waals surface area contributed by atoms with Crippen LogP contribution in [-0.2, 0) is 0 Å². The fraction of sp³-hybridized carbons (Fsp3) is 0.105. The van der Waals surface area contributed by atoms with Gasteiger partial charge in [0.1, 0.15) is 5.56 Å². The number of carbonyl (C=O) groups is 1. The molecule has 1 amide bonds. The molecule has 0 spiro atoms. The highest BCUT2D eigenvalue weighted by atomic mass is 32.1. The van der Waals surface area contributed by atoms with Crippen molar-refractivity contribution in [3.8, 4) is 0 Å². The summed E-state index contributed by atoms with van der Waals surface area (Å²) in [5.74, 6) is -0.452. The molecule has 25 heavy (non-hydrogen) atoms. The van der Waals surface area contributed by atoms with Crippen molar-refractivity contribution < 1.29 is 4.79 Å². The number of aryl methyl sites for hydroxylation is 2. The van der Waals surface area contributed by atoms with E-state index in [1.54, 1.807) is 0 Å². The van der Waals surface area contributed by atoms with Gasteiger partial charge in [-0.2, -0.15) is 0 Å². The predicted octanol–water partition coefficient (Wildman–Crippen LogP) is 3.78.